The fourth-order valence-electron chi connectivity index (χ4n) is 1.96. The minimum atomic E-state index is -1.06. The molecule has 1 aromatic heterocycles. The van der Waals surface area contributed by atoms with E-state index in [2.05, 4.69) is 5.10 Å². The highest BCUT2D eigenvalue weighted by atomic mass is 16.2. The van der Waals surface area contributed by atoms with Crippen LogP contribution in [0.1, 0.15) is 12.5 Å². The predicted octanol–water partition coefficient (Wildman–Crippen LogP) is 1.26. The number of rotatable bonds is 3. The van der Waals surface area contributed by atoms with Gasteiger partial charge in [0.25, 0.3) is 5.91 Å². The molecule has 5 heteroatoms. The molecule has 100 valence electrons. The molecule has 1 heterocycles. The number of likely N-dealkylation sites (N-methyl/N-ethyl adjacent to an activating group) is 1. The third kappa shape index (κ3) is 2.51. The zero-order valence-corrected chi connectivity index (χ0v) is 11.4. The molecule has 0 aliphatic heterocycles. The van der Waals surface area contributed by atoms with Gasteiger partial charge in [0.2, 0.25) is 0 Å². The topological polar surface area (TPSA) is 64.2 Å². The van der Waals surface area contributed by atoms with E-state index in [1.54, 1.807) is 38.1 Å². The lowest BCUT2D eigenvalue weighted by molar-refractivity contribution is -0.123. The molecule has 0 bridgehead atoms. The van der Waals surface area contributed by atoms with Crippen LogP contribution in [0.15, 0.2) is 42.7 Å². The van der Waals surface area contributed by atoms with Gasteiger partial charge in [-0.05, 0) is 12.5 Å². The molecule has 1 unspecified atom stereocenters. The number of amides is 1. The summed E-state index contributed by atoms with van der Waals surface area (Å²) in [6.45, 7) is 1.72. The Labute approximate surface area is 112 Å². The summed E-state index contributed by atoms with van der Waals surface area (Å²) in [5, 5.41) is 4.06. The highest BCUT2D eigenvalue weighted by Gasteiger charge is 2.33. The monoisotopic (exact) mass is 258 g/mol. The molecule has 0 aliphatic carbocycles. The summed E-state index contributed by atoms with van der Waals surface area (Å²) in [6.07, 6.45) is 3.41. The molecular weight excluding hydrogens is 240 g/mol. The van der Waals surface area contributed by atoms with Crippen molar-refractivity contribution in [3.63, 3.8) is 0 Å². The molecular formula is C14H18N4O. The normalized spacial score (nSPS) is 13.9. The third-order valence-corrected chi connectivity index (χ3v) is 3.20. The second kappa shape index (κ2) is 4.85. The second-order valence-electron chi connectivity index (χ2n) is 4.80. The quantitative estimate of drug-likeness (QED) is 0.901. The van der Waals surface area contributed by atoms with E-state index in [9.17, 15) is 4.79 Å². The summed E-state index contributed by atoms with van der Waals surface area (Å²) < 4.78 is 1.65. The average Bonchev–Trinajstić information content (AvgIpc) is 2.84. The van der Waals surface area contributed by atoms with Gasteiger partial charge in [0.1, 0.15) is 5.54 Å². The van der Waals surface area contributed by atoms with Crippen molar-refractivity contribution in [1.82, 2.24) is 9.78 Å². The summed E-state index contributed by atoms with van der Waals surface area (Å²) in [6, 6.07) is 9.36. The molecule has 0 saturated carbocycles. The number of hydrogen-bond acceptors (Lipinski definition) is 3. The summed E-state index contributed by atoms with van der Waals surface area (Å²) in [5.41, 5.74) is 6.65. The zero-order valence-electron chi connectivity index (χ0n) is 11.4. The number of carbonyl (C=O) groups excluding carboxylic acids is 1. The van der Waals surface area contributed by atoms with Gasteiger partial charge >= 0.3 is 0 Å². The summed E-state index contributed by atoms with van der Waals surface area (Å²) >= 11 is 0. The first-order valence-corrected chi connectivity index (χ1v) is 6.04. The predicted molar refractivity (Wildman–Crippen MR) is 74.6 cm³/mol. The lowest BCUT2D eigenvalue weighted by Crippen LogP contribution is -2.49. The van der Waals surface area contributed by atoms with Crippen LogP contribution in [-0.2, 0) is 17.4 Å². The van der Waals surface area contributed by atoms with Gasteiger partial charge < -0.3 is 10.6 Å². The first-order chi connectivity index (χ1) is 8.93. The van der Waals surface area contributed by atoms with Crippen LogP contribution in [0.2, 0.25) is 0 Å². The standard InChI is InChI=1S/C14H18N4O/c1-14(15,11-7-5-4-6-8-11)13(19)18(3)12-9-16-17(2)10-12/h4-10H,15H2,1-3H3. The Kier molecular flexibility index (Phi) is 3.40. The molecule has 1 atom stereocenters. The van der Waals surface area contributed by atoms with Crippen molar-refractivity contribution in [3.05, 3.63) is 48.3 Å². The number of aromatic nitrogens is 2. The van der Waals surface area contributed by atoms with Gasteiger partial charge in [-0.25, -0.2) is 0 Å². The van der Waals surface area contributed by atoms with Gasteiger partial charge in [-0.2, -0.15) is 5.10 Å². The maximum absolute atomic E-state index is 12.5. The van der Waals surface area contributed by atoms with Crippen molar-refractivity contribution in [3.8, 4) is 0 Å². The van der Waals surface area contributed by atoms with Crippen molar-refractivity contribution in [1.29, 1.82) is 0 Å². The van der Waals surface area contributed by atoms with Crippen LogP contribution in [0.5, 0.6) is 0 Å². The van der Waals surface area contributed by atoms with Gasteiger partial charge in [-0.15, -0.1) is 0 Å². The molecule has 2 aromatic rings. The number of benzene rings is 1. The average molecular weight is 258 g/mol. The van der Waals surface area contributed by atoms with Crippen LogP contribution in [0.4, 0.5) is 5.69 Å². The number of nitrogens with two attached hydrogens (primary N) is 1. The maximum atomic E-state index is 12.5. The molecule has 5 nitrogen and oxygen atoms in total. The summed E-state index contributed by atoms with van der Waals surface area (Å²) in [7, 11) is 3.51. The molecule has 1 aromatic carbocycles. The van der Waals surface area contributed by atoms with E-state index in [-0.39, 0.29) is 5.91 Å². The lowest BCUT2D eigenvalue weighted by Gasteiger charge is -2.28. The van der Waals surface area contributed by atoms with Crippen molar-refractivity contribution >= 4 is 11.6 Å². The van der Waals surface area contributed by atoms with Crippen molar-refractivity contribution in [2.45, 2.75) is 12.5 Å². The highest BCUT2D eigenvalue weighted by molar-refractivity contribution is 5.99. The smallest absolute Gasteiger partial charge is 0.251 e. The number of anilines is 1. The third-order valence-electron chi connectivity index (χ3n) is 3.20. The molecule has 19 heavy (non-hydrogen) atoms. The van der Waals surface area contributed by atoms with Crippen LogP contribution >= 0.6 is 0 Å². The Morgan fingerprint density at radius 1 is 1.37 bits per heavy atom. The zero-order chi connectivity index (χ0) is 14.0. The Morgan fingerprint density at radius 2 is 2.00 bits per heavy atom. The van der Waals surface area contributed by atoms with E-state index < -0.39 is 5.54 Å². The molecule has 0 aliphatic rings. The highest BCUT2D eigenvalue weighted by Crippen LogP contribution is 2.22. The van der Waals surface area contributed by atoms with Crippen LogP contribution in [-0.4, -0.2) is 22.7 Å². The van der Waals surface area contributed by atoms with E-state index in [1.807, 2.05) is 30.3 Å². The van der Waals surface area contributed by atoms with Gasteiger partial charge in [0.15, 0.2) is 0 Å². The molecule has 0 fully saturated rings. The summed E-state index contributed by atoms with van der Waals surface area (Å²) in [5.74, 6) is -0.174. The number of nitrogens with zero attached hydrogens (tertiary/aromatic N) is 3. The maximum Gasteiger partial charge on any atom is 0.251 e. The Bertz CT molecular complexity index is 574. The Balaban J connectivity index is 2.28. The fourth-order valence-corrected chi connectivity index (χ4v) is 1.96. The number of carbonyl (C=O) groups is 1. The summed E-state index contributed by atoms with van der Waals surface area (Å²) in [4.78, 5) is 14.1. The van der Waals surface area contributed by atoms with Crippen LogP contribution in [0.25, 0.3) is 0 Å². The molecule has 0 spiro atoms. The van der Waals surface area contributed by atoms with Crippen molar-refractivity contribution in [2.24, 2.45) is 12.8 Å². The van der Waals surface area contributed by atoms with Gasteiger partial charge in [-0.1, -0.05) is 30.3 Å². The van der Waals surface area contributed by atoms with E-state index in [0.717, 1.165) is 11.3 Å². The van der Waals surface area contributed by atoms with E-state index >= 15 is 0 Å². The van der Waals surface area contributed by atoms with Gasteiger partial charge in [-0.3, -0.25) is 9.48 Å². The van der Waals surface area contributed by atoms with E-state index in [4.69, 9.17) is 5.73 Å². The minimum Gasteiger partial charge on any atom is -0.314 e. The molecule has 2 N–H and O–H groups in total. The van der Waals surface area contributed by atoms with Crippen LogP contribution in [0.3, 0.4) is 0 Å². The number of aryl methyl sites for hydroxylation is 1. The van der Waals surface area contributed by atoms with E-state index in [0.29, 0.717) is 0 Å². The van der Waals surface area contributed by atoms with Crippen molar-refractivity contribution in [2.75, 3.05) is 11.9 Å². The van der Waals surface area contributed by atoms with Crippen LogP contribution < -0.4 is 10.6 Å². The molecule has 1 amide bonds. The Morgan fingerprint density at radius 3 is 2.53 bits per heavy atom. The van der Waals surface area contributed by atoms with E-state index in [1.165, 1.54) is 4.90 Å². The first-order valence-electron chi connectivity index (χ1n) is 6.04. The Hall–Kier alpha value is -2.14. The SMILES string of the molecule is CN(C(=O)C(C)(N)c1ccccc1)c1cnn(C)c1. The molecule has 2 rings (SSSR count). The minimum absolute atomic E-state index is 0.174. The van der Waals surface area contributed by atoms with Gasteiger partial charge in [0.05, 0.1) is 11.9 Å². The van der Waals surface area contributed by atoms with Crippen molar-refractivity contribution < 1.29 is 4.79 Å². The molecule has 0 saturated heterocycles. The van der Waals surface area contributed by atoms with Crippen LogP contribution in [0, 0.1) is 0 Å². The molecule has 0 radical (unpaired) electrons. The first kappa shape index (κ1) is 13.3. The number of hydrogen-bond donors (Lipinski definition) is 1. The lowest BCUT2D eigenvalue weighted by atomic mass is 9.91. The van der Waals surface area contributed by atoms with Gasteiger partial charge in [0, 0.05) is 20.3 Å². The fraction of sp³-hybridized carbons (Fsp3) is 0.286. The largest absolute Gasteiger partial charge is 0.314 e. The second-order valence-corrected chi connectivity index (χ2v) is 4.80.